The van der Waals surface area contributed by atoms with Crippen molar-refractivity contribution in [2.45, 2.75) is 6.61 Å². The van der Waals surface area contributed by atoms with Gasteiger partial charge in [0.15, 0.2) is 0 Å². The van der Waals surface area contributed by atoms with E-state index < -0.39 is 11.8 Å². The van der Waals surface area contributed by atoms with Crippen LogP contribution in [0.15, 0.2) is 22.6 Å². The fourth-order valence-electron chi connectivity index (χ4n) is 1.53. The van der Waals surface area contributed by atoms with E-state index in [1.807, 2.05) is 0 Å². The highest BCUT2D eigenvalue weighted by molar-refractivity contribution is 6.30. The zero-order chi connectivity index (χ0) is 14.0. The first kappa shape index (κ1) is 13.5. The van der Waals surface area contributed by atoms with Crippen LogP contribution >= 0.6 is 11.6 Å². The molecule has 1 heterocycles. The van der Waals surface area contributed by atoms with E-state index in [0.29, 0.717) is 0 Å². The number of halogens is 2. The first-order valence-electron chi connectivity index (χ1n) is 5.20. The number of carboxylic acid groups (broad SMARTS) is 1. The minimum atomic E-state index is -1.29. The van der Waals surface area contributed by atoms with Gasteiger partial charge in [0.2, 0.25) is 11.7 Å². The maximum absolute atomic E-state index is 13.7. The smallest absolute Gasteiger partial charge is 0.373 e. The van der Waals surface area contributed by atoms with Crippen molar-refractivity contribution in [3.05, 3.63) is 40.5 Å². The van der Waals surface area contributed by atoms with Crippen LogP contribution in [0.4, 0.5) is 4.39 Å². The predicted molar refractivity (Wildman–Crippen MR) is 64.6 cm³/mol. The van der Waals surface area contributed by atoms with Crippen molar-refractivity contribution < 1.29 is 23.4 Å². The van der Waals surface area contributed by atoms with Crippen LogP contribution in [0.1, 0.15) is 16.2 Å². The fourth-order valence-corrected chi connectivity index (χ4v) is 1.69. The molecule has 0 saturated heterocycles. The molecule has 0 spiro atoms. The summed E-state index contributed by atoms with van der Waals surface area (Å²) >= 11 is 5.64. The van der Waals surface area contributed by atoms with Gasteiger partial charge >= 0.3 is 5.97 Å². The number of carbonyl (C=O) groups is 1. The van der Waals surface area contributed by atoms with Gasteiger partial charge in [-0.15, -0.1) is 0 Å². The number of carboxylic acids is 1. The highest BCUT2D eigenvalue weighted by Crippen LogP contribution is 2.27. The maximum atomic E-state index is 13.7. The van der Waals surface area contributed by atoms with Gasteiger partial charge in [-0.2, -0.15) is 0 Å². The molecule has 19 heavy (non-hydrogen) atoms. The van der Waals surface area contributed by atoms with Gasteiger partial charge in [-0.05, 0) is 18.2 Å². The molecular formula is C12H9ClFNO4. The summed E-state index contributed by atoms with van der Waals surface area (Å²) in [6, 6.07) is 3.92. The van der Waals surface area contributed by atoms with Gasteiger partial charge in [0, 0.05) is 12.1 Å². The molecule has 1 aromatic carbocycles. The van der Waals surface area contributed by atoms with E-state index in [1.54, 1.807) is 0 Å². The molecule has 1 aromatic heterocycles. The molecule has 0 unspecified atom stereocenters. The van der Waals surface area contributed by atoms with E-state index in [1.165, 1.54) is 19.2 Å². The number of aromatic carboxylic acids is 1. The fraction of sp³-hybridized carbons (Fsp3) is 0.167. The van der Waals surface area contributed by atoms with Crippen molar-refractivity contribution in [2.24, 2.45) is 0 Å². The molecule has 0 fully saturated rings. The second kappa shape index (κ2) is 5.38. The standard InChI is InChI=1S/C12H9ClFNO4/c1-18-5-9-10(12(16)17)19-11(15-9)7-3-2-6(13)4-8(7)14/h2-4H,5H2,1H3,(H,16,17). The molecule has 0 bridgehead atoms. The molecule has 0 radical (unpaired) electrons. The van der Waals surface area contributed by atoms with Crippen molar-refractivity contribution in [3.63, 3.8) is 0 Å². The van der Waals surface area contributed by atoms with Gasteiger partial charge in [-0.3, -0.25) is 0 Å². The summed E-state index contributed by atoms with van der Waals surface area (Å²) in [4.78, 5) is 14.9. The summed E-state index contributed by atoms with van der Waals surface area (Å²) in [5.74, 6) is -2.43. The number of ether oxygens (including phenoxy) is 1. The summed E-state index contributed by atoms with van der Waals surface area (Å²) in [5.41, 5.74) is 0.133. The van der Waals surface area contributed by atoms with Crippen LogP contribution in [0.2, 0.25) is 5.02 Å². The number of benzene rings is 1. The first-order chi connectivity index (χ1) is 9.02. The van der Waals surface area contributed by atoms with E-state index >= 15 is 0 Å². The monoisotopic (exact) mass is 285 g/mol. The predicted octanol–water partition coefficient (Wildman–Crippen LogP) is 2.98. The molecule has 0 amide bonds. The largest absolute Gasteiger partial charge is 0.475 e. The molecule has 7 heteroatoms. The number of hydrogen-bond donors (Lipinski definition) is 1. The Balaban J connectivity index is 2.50. The Kier molecular flexibility index (Phi) is 3.82. The third-order valence-corrected chi connectivity index (χ3v) is 2.57. The van der Waals surface area contributed by atoms with Crippen LogP contribution in [-0.4, -0.2) is 23.2 Å². The second-order valence-corrected chi connectivity index (χ2v) is 4.09. The Morgan fingerprint density at radius 1 is 1.58 bits per heavy atom. The lowest BCUT2D eigenvalue weighted by Gasteiger charge is -1.98. The molecule has 2 rings (SSSR count). The van der Waals surface area contributed by atoms with Crippen LogP contribution in [0.25, 0.3) is 11.5 Å². The Bertz CT molecular complexity index is 626. The molecule has 5 nitrogen and oxygen atoms in total. The summed E-state index contributed by atoms with van der Waals surface area (Å²) in [6.45, 7) is -0.0413. The maximum Gasteiger partial charge on any atom is 0.373 e. The normalized spacial score (nSPS) is 10.7. The SMILES string of the molecule is COCc1nc(-c2ccc(Cl)cc2F)oc1C(=O)O. The number of aromatic nitrogens is 1. The average Bonchev–Trinajstić information content (AvgIpc) is 2.73. The molecule has 0 aliphatic heterocycles. The highest BCUT2D eigenvalue weighted by Gasteiger charge is 2.21. The molecule has 2 aromatic rings. The summed E-state index contributed by atoms with van der Waals surface area (Å²) < 4.78 is 23.6. The number of oxazole rings is 1. The molecule has 1 N–H and O–H groups in total. The van der Waals surface area contributed by atoms with Crippen LogP contribution in [0, 0.1) is 5.82 Å². The summed E-state index contributed by atoms with van der Waals surface area (Å²) in [7, 11) is 1.39. The lowest BCUT2D eigenvalue weighted by atomic mass is 10.2. The third-order valence-electron chi connectivity index (χ3n) is 2.33. The third kappa shape index (κ3) is 2.74. The van der Waals surface area contributed by atoms with E-state index in [4.69, 9.17) is 25.9 Å². The van der Waals surface area contributed by atoms with Crippen molar-refractivity contribution in [1.29, 1.82) is 0 Å². The molecule has 100 valence electrons. The Labute approximate surface area is 112 Å². The molecule has 0 aliphatic rings. The van der Waals surface area contributed by atoms with E-state index in [2.05, 4.69) is 4.98 Å². The number of hydrogen-bond acceptors (Lipinski definition) is 4. The topological polar surface area (TPSA) is 72.6 Å². The highest BCUT2D eigenvalue weighted by atomic mass is 35.5. The van der Waals surface area contributed by atoms with Gasteiger partial charge in [-0.25, -0.2) is 14.2 Å². The lowest BCUT2D eigenvalue weighted by molar-refractivity contribution is 0.0656. The quantitative estimate of drug-likeness (QED) is 0.935. The van der Waals surface area contributed by atoms with Crippen molar-refractivity contribution in [1.82, 2.24) is 4.98 Å². The van der Waals surface area contributed by atoms with Gasteiger partial charge in [0.25, 0.3) is 0 Å². The molecule has 0 atom stereocenters. The number of nitrogens with zero attached hydrogens (tertiary/aromatic N) is 1. The van der Waals surface area contributed by atoms with E-state index in [0.717, 1.165) is 6.07 Å². The minimum Gasteiger partial charge on any atom is -0.475 e. The van der Waals surface area contributed by atoms with Crippen LogP contribution in [-0.2, 0) is 11.3 Å². The lowest BCUT2D eigenvalue weighted by Crippen LogP contribution is -2.00. The molecular weight excluding hydrogens is 277 g/mol. The van der Waals surface area contributed by atoms with Crippen molar-refractivity contribution in [3.8, 4) is 11.5 Å². The molecule has 0 saturated carbocycles. The second-order valence-electron chi connectivity index (χ2n) is 3.66. The van der Waals surface area contributed by atoms with Gasteiger partial charge in [0.05, 0.1) is 12.2 Å². The Hall–Kier alpha value is -1.92. The Morgan fingerprint density at radius 2 is 2.32 bits per heavy atom. The van der Waals surface area contributed by atoms with Gasteiger partial charge in [0.1, 0.15) is 11.5 Å². The van der Waals surface area contributed by atoms with Gasteiger partial charge < -0.3 is 14.3 Å². The van der Waals surface area contributed by atoms with E-state index in [-0.39, 0.29) is 34.5 Å². The molecule has 0 aliphatic carbocycles. The average molecular weight is 286 g/mol. The minimum absolute atomic E-state index is 0.0363. The van der Waals surface area contributed by atoms with E-state index in [9.17, 15) is 9.18 Å². The number of rotatable bonds is 4. The van der Waals surface area contributed by atoms with Crippen LogP contribution in [0.5, 0.6) is 0 Å². The zero-order valence-corrected chi connectivity index (χ0v) is 10.6. The zero-order valence-electron chi connectivity index (χ0n) is 9.81. The van der Waals surface area contributed by atoms with Crippen LogP contribution < -0.4 is 0 Å². The summed E-state index contributed by atoms with van der Waals surface area (Å²) in [6.07, 6.45) is 0. The Morgan fingerprint density at radius 3 is 2.89 bits per heavy atom. The van der Waals surface area contributed by atoms with Crippen molar-refractivity contribution in [2.75, 3.05) is 7.11 Å². The first-order valence-corrected chi connectivity index (χ1v) is 5.58. The number of methoxy groups -OCH3 is 1. The van der Waals surface area contributed by atoms with Crippen LogP contribution in [0.3, 0.4) is 0 Å². The van der Waals surface area contributed by atoms with Crippen molar-refractivity contribution >= 4 is 17.6 Å². The van der Waals surface area contributed by atoms with Gasteiger partial charge in [-0.1, -0.05) is 11.6 Å². The summed E-state index contributed by atoms with van der Waals surface area (Å²) in [5, 5.41) is 9.19.